The van der Waals surface area contributed by atoms with Gasteiger partial charge in [0, 0.05) is 6.07 Å². The molecule has 1 unspecified atom stereocenters. The average Bonchev–Trinajstić information content (AvgIpc) is 2.55. The number of hydrogen-bond acceptors (Lipinski definition) is 5. The summed E-state index contributed by atoms with van der Waals surface area (Å²) in [6, 6.07) is 16.5. The number of benzene rings is 2. The summed E-state index contributed by atoms with van der Waals surface area (Å²) < 4.78 is 0. The van der Waals surface area contributed by atoms with Crippen LogP contribution >= 0.6 is 0 Å². The van der Waals surface area contributed by atoms with Gasteiger partial charge in [0.15, 0.2) is 0 Å². The first-order chi connectivity index (χ1) is 10.6. The first-order valence-corrected chi connectivity index (χ1v) is 6.19. The Hall–Kier alpha value is -3.69. The van der Waals surface area contributed by atoms with E-state index >= 15 is 0 Å². The van der Waals surface area contributed by atoms with Gasteiger partial charge in [-0.3, -0.25) is 10.1 Å². The summed E-state index contributed by atoms with van der Waals surface area (Å²) in [4.78, 5) is 10.6. The van der Waals surface area contributed by atoms with Crippen LogP contribution in [0.25, 0.3) is 0 Å². The maximum absolute atomic E-state index is 11.2. The van der Waals surface area contributed by atoms with Gasteiger partial charge in [-0.15, -0.1) is 0 Å². The summed E-state index contributed by atoms with van der Waals surface area (Å²) in [5.41, 5.74) is 0.281. The third-order valence-electron chi connectivity index (χ3n) is 3.18. The first-order valence-electron chi connectivity index (χ1n) is 6.19. The van der Waals surface area contributed by atoms with Gasteiger partial charge in [0.1, 0.15) is 18.1 Å². The van der Waals surface area contributed by atoms with Crippen molar-refractivity contribution in [2.75, 3.05) is 0 Å². The number of nitriles is 3. The highest BCUT2D eigenvalue weighted by atomic mass is 16.6. The van der Waals surface area contributed by atoms with Crippen molar-refractivity contribution in [2.24, 2.45) is 0 Å². The molecule has 104 valence electrons. The Bertz CT molecular complexity index is 855. The van der Waals surface area contributed by atoms with Gasteiger partial charge in [-0.1, -0.05) is 30.3 Å². The van der Waals surface area contributed by atoms with Crippen LogP contribution in [0, 0.1) is 44.1 Å². The highest BCUT2D eigenvalue weighted by molar-refractivity contribution is 5.59. The zero-order valence-electron chi connectivity index (χ0n) is 11.2. The molecule has 0 aliphatic heterocycles. The molecular weight excluding hydrogens is 280 g/mol. The summed E-state index contributed by atoms with van der Waals surface area (Å²) in [6.45, 7) is 0. The lowest BCUT2D eigenvalue weighted by atomic mass is 9.89. The minimum absolute atomic E-state index is 0.0132. The lowest BCUT2D eigenvalue weighted by molar-refractivity contribution is -0.385. The second-order valence-electron chi connectivity index (χ2n) is 4.41. The van der Waals surface area contributed by atoms with Crippen LogP contribution in [-0.4, -0.2) is 4.92 Å². The van der Waals surface area contributed by atoms with E-state index < -0.39 is 10.8 Å². The summed E-state index contributed by atoms with van der Waals surface area (Å²) in [7, 11) is 0. The lowest BCUT2D eigenvalue weighted by Gasteiger charge is -2.11. The standard InChI is InChI=1S/C16H8N4O2/c17-8-12-6-14(16(20(21)22)7-13(12)9-18)15(10-19)11-4-2-1-3-5-11/h1-7,15H. The van der Waals surface area contributed by atoms with Crippen molar-refractivity contribution < 1.29 is 4.92 Å². The Balaban J connectivity index is 2.73. The highest BCUT2D eigenvalue weighted by Crippen LogP contribution is 2.33. The third kappa shape index (κ3) is 2.60. The second-order valence-corrected chi connectivity index (χ2v) is 4.41. The summed E-state index contributed by atoms with van der Waals surface area (Å²) >= 11 is 0. The molecular formula is C16H8N4O2. The Kier molecular flexibility index (Phi) is 4.13. The zero-order valence-corrected chi connectivity index (χ0v) is 11.2. The molecule has 0 fully saturated rings. The van der Waals surface area contributed by atoms with E-state index in [0.29, 0.717) is 5.56 Å². The summed E-state index contributed by atoms with van der Waals surface area (Å²) in [5.74, 6) is -0.888. The molecule has 0 heterocycles. The maximum Gasteiger partial charge on any atom is 0.275 e. The summed E-state index contributed by atoms with van der Waals surface area (Å²) in [5, 5.41) is 38.7. The number of hydrogen-bond donors (Lipinski definition) is 0. The van der Waals surface area contributed by atoms with E-state index in [2.05, 4.69) is 0 Å². The smallest absolute Gasteiger partial charge is 0.258 e. The van der Waals surface area contributed by atoms with E-state index in [1.807, 2.05) is 12.1 Å². The van der Waals surface area contributed by atoms with Gasteiger partial charge >= 0.3 is 0 Å². The van der Waals surface area contributed by atoms with Crippen LogP contribution in [-0.2, 0) is 0 Å². The Labute approximate surface area is 126 Å². The van der Waals surface area contributed by atoms with Crippen molar-refractivity contribution in [3.8, 4) is 18.2 Å². The van der Waals surface area contributed by atoms with E-state index in [4.69, 9.17) is 10.5 Å². The van der Waals surface area contributed by atoms with Gasteiger partial charge < -0.3 is 0 Å². The molecule has 0 radical (unpaired) electrons. The van der Waals surface area contributed by atoms with Gasteiger partial charge in [-0.25, -0.2) is 0 Å². The third-order valence-corrected chi connectivity index (χ3v) is 3.18. The number of nitro benzene ring substituents is 1. The molecule has 0 aromatic heterocycles. The molecule has 2 rings (SSSR count). The molecule has 0 saturated carbocycles. The Morgan fingerprint density at radius 1 is 1.00 bits per heavy atom. The number of nitro groups is 1. The SMILES string of the molecule is N#Cc1cc(C(C#N)c2ccccc2)c([N+](=O)[O-])cc1C#N. The van der Waals surface area contributed by atoms with Gasteiger partial charge in [-0.2, -0.15) is 15.8 Å². The Morgan fingerprint density at radius 2 is 1.59 bits per heavy atom. The van der Waals surface area contributed by atoms with E-state index in [0.717, 1.165) is 6.07 Å². The molecule has 6 heteroatoms. The van der Waals surface area contributed by atoms with E-state index in [1.165, 1.54) is 6.07 Å². The fourth-order valence-electron chi connectivity index (χ4n) is 2.15. The van der Waals surface area contributed by atoms with Gasteiger partial charge in [0.05, 0.1) is 27.7 Å². The van der Waals surface area contributed by atoms with Crippen LogP contribution in [0.3, 0.4) is 0 Å². The molecule has 2 aromatic rings. The van der Waals surface area contributed by atoms with E-state index in [9.17, 15) is 15.4 Å². The van der Waals surface area contributed by atoms with Crippen LogP contribution in [0.5, 0.6) is 0 Å². The number of nitrogens with zero attached hydrogens (tertiary/aromatic N) is 4. The summed E-state index contributed by atoms with van der Waals surface area (Å²) in [6.07, 6.45) is 0. The maximum atomic E-state index is 11.2. The van der Waals surface area contributed by atoms with Gasteiger partial charge in [0.25, 0.3) is 5.69 Å². The van der Waals surface area contributed by atoms with Crippen molar-refractivity contribution in [3.05, 3.63) is 74.8 Å². The molecule has 6 nitrogen and oxygen atoms in total. The largest absolute Gasteiger partial charge is 0.275 e. The van der Waals surface area contributed by atoms with E-state index in [-0.39, 0.29) is 22.4 Å². The predicted octanol–water partition coefficient (Wildman–Crippen LogP) is 2.99. The van der Waals surface area contributed by atoms with Crippen LogP contribution in [0.1, 0.15) is 28.2 Å². The molecule has 0 N–H and O–H groups in total. The van der Waals surface area contributed by atoms with Crippen molar-refractivity contribution in [1.82, 2.24) is 0 Å². The molecule has 0 amide bonds. The topological polar surface area (TPSA) is 115 Å². The minimum Gasteiger partial charge on any atom is -0.258 e. The Morgan fingerprint density at radius 3 is 2.09 bits per heavy atom. The molecule has 22 heavy (non-hydrogen) atoms. The fourth-order valence-corrected chi connectivity index (χ4v) is 2.15. The van der Waals surface area contributed by atoms with Gasteiger partial charge in [-0.05, 0) is 11.6 Å². The minimum atomic E-state index is -0.888. The first kappa shape index (κ1) is 14.7. The number of rotatable bonds is 3. The zero-order chi connectivity index (χ0) is 16.1. The quantitative estimate of drug-likeness (QED) is 0.636. The predicted molar refractivity (Wildman–Crippen MR) is 76.4 cm³/mol. The lowest BCUT2D eigenvalue weighted by Crippen LogP contribution is -2.05. The van der Waals surface area contributed by atoms with Crippen molar-refractivity contribution >= 4 is 5.69 Å². The fraction of sp³-hybridized carbons (Fsp3) is 0.0625. The molecule has 0 aliphatic rings. The molecule has 1 atom stereocenters. The molecule has 2 aromatic carbocycles. The monoisotopic (exact) mass is 288 g/mol. The average molecular weight is 288 g/mol. The van der Waals surface area contributed by atoms with Crippen LogP contribution < -0.4 is 0 Å². The molecule has 0 spiro atoms. The van der Waals surface area contributed by atoms with E-state index in [1.54, 1.807) is 36.4 Å². The normalized spacial score (nSPS) is 10.8. The van der Waals surface area contributed by atoms with Crippen molar-refractivity contribution in [3.63, 3.8) is 0 Å². The van der Waals surface area contributed by atoms with Crippen molar-refractivity contribution in [2.45, 2.75) is 5.92 Å². The molecule has 0 aliphatic carbocycles. The molecule has 0 bridgehead atoms. The second kappa shape index (κ2) is 6.17. The highest BCUT2D eigenvalue weighted by Gasteiger charge is 2.26. The van der Waals surface area contributed by atoms with Crippen LogP contribution in [0.2, 0.25) is 0 Å². The molecule has 0 saturated heterocycles. The van der Waals surface area contributed by atoms with Crippen LogP contribution in [0.15, 0.2) is 42.5 Å². The van der Waals surface area contributed by atoms with Crippen molar-refractivity contribution in [1.29, 1.82) is 15.8 Å². The van der Waals surface area contributed by atoms with Gasteiger partial charge in [0.2, 0.25) is 0 Å². The van der Waals surface area contributed by atoms with Crippen LogP contribution in [0.4, 0.5) is 5.69 Å².